The van der Waals surface area contributed by atoms with Gasteiger partial charge in [-0.15, -0.1) is 0 Å². The molecule has 0 amide bonds. The van der Waals surface area contributed by atoms with Crippen LogP contribution in [-0.2, 0) is 0 Å². The zero-order chi connectivity index (χ0) is 12.4. The highest BCUT2D eigenvalue weighted by Crippen LogP contribution is 2.25. The Kier molecular flexibility index (Phi) is 3.74. The summed E-state index contributed by atoms with van der Waals surface area (Å²) in [6, 6.07) is 0.593. The maximum absolute atomic E-state index is 6.09. The standard InChI is InChI=1S/C13H22N4/c1-9-6-12(14)8-17(7-9)11(3)13-10(2)15-4-5-16-13/h4-5,9,11-12H,6-8,14H2,1-3H3. The van der Waals surface area contributed by atoms with Crippen molar-refractivity contribution in [3.05, 3.63) is 23.8 Å². The summed E-state index contributed by atoms with van der Waals surface area (Å²) in [6.07, 6.45) is 4.64. The average molecular weight is 234 g/mol. The minimum absolute atomic E-state index is 0.290. The zero-order valence-electron chi connectivity index (χ0n) is 10.9. The van der Waals surface area contributed by atoms with Crippen LogP contribution >= 0.6 is 0 Å². The molecule has 1 aliphatic heterocycles. The second-order valence-electron chi connectivity index (χ2n) is 5.26. The van der Waals surface area contributed by atoms with Crippen molar-refractivity contribution in [1.82, 2.24) is 14.9 Å². The van der Waals surface area contributed by atoms with E-state index in [1.807, 2.05) is 6.92 Å². The van der Waals surface area contributed by atoms with E-state index < -0.39 is 0 Å². The van der Waals surface area contributed by atoms with Gasteiger partial charge in [0.25, 0.3) is 0 Å². The van der Waals surface area contributed by atoms with Gasteiger partial charge in [0.1, 0.15) is 0 Å². The summed E-state index contributed by atoms with van der Waals surface area (Å²) in [5.41, 5.74) is 8.19. The van der Waals surface area contributed by atoms with Gasteiger partial charge in [-0.1, -0.05) is 6.92 Å². The Morgan fingerprint density at radius 3 is 2.71 bits per heavy atom. The molecule has 17 heavy (non-hydrogen) atoms. The highest BCUT2D eigenvalue weighted by molar-refractivity contribution is 5.13. The Morgan fingerprint density at radius 1 is 1.35 bits per heavy atom. The fraction of sp³-hybridized carbons (Fsp3) is 0.692. The van der Waals surface area contributed by atoms with Crippen LogP contribution in [0.4, 0.5) is 0 Å². The van der Waals surface area contributed by atoms with E-state index in [0.29, 0.717) is 12.0 Å². The number of aromatic nitrogens is 2. The first-order valence-corrected chi connectivity index (χ1v) is 6.35. The van der Waals surface area contributed by atoms with Gasteiger partial charge in [0.2, 0.25) is 0 Å². The lowest BCUT2D eigenvalue weighted by Crippen LogP contribution is -2.47. The molecule has 2 heterocycles. The molecule has 94 valence electrons. The van der Waals surface area contributed by atoms with Crippen molar-refractivity contribution in [3.8, 4) is 0 Å². The summed E-state index contributed by atoms with van der Waals surface area (Å²) < 4.78 is 0. The molecule has 1 fully saturated rings. The van der Waals surface area contributed by atoms with Crippen molar-refractivity contribution in [2.75, 3.05) is 13.1 Å². The van der Waals surface area contributed by atoms with Crippen LogP contribution < -0.4 is 5.73 Å². The summed E-state index contributed by atoms with van der Waals surface area (Å²) in [5.74, 6) is 0.665. The second kappa shape index (κ2) is 5.10. The molecule has 0 saturated carbocycles. The maximum Gasteiger partial charge on any atom is 0.0784 e. The summed E-state index contributed by atoms with van der Waals surface area (Å²) in [5, 5.41) is 0. The fourth-order valence-corrected chi connectivity index (χ4v) is 2.76. The van der Waals surface area contributed by atoms with Crippen molar-refractivity contribution in [2.24, 2.45) is 11.7 Å². The largest absolute Gasteiger partial charge is 0.327 e. The van der Waals surface area contributed by atoms with Gasteiger partial charge >= 0.3 is 0 Å². The molecule has 0 aromatic carbocycles. The van der Waals surface area contributed by atoms with Gasteiger partial charge in [0, 0.05) is 31.5 Å². The van der Waals surface area contributed by atoms with E-state index >= 15 is 0 Å². The number of nitrogens with zero attached hydrogens (tertiary/aromatic N) is 3. The van der Waals surface area contributed by atoms with Crippen LogP contribution in [0.2, 0.25) is 0 Å². The highest BCUT2D eigenvalue weighted by atomic mass is 15.2. The van der Waals surface area contributed by atoms with Crippen LogP contribution in [0.5, 0.6) is 0 Å². The maximum atomic E-state index is 6.09. The Labute approximate surface area is 103 Å². The average Bonchev–Trinajstić information content (AvgIpc) is 2.27. The van der Waals surface area contributed by atoms with Crippen LogP contribution in [0, 0.1) is 12.8 Å². The normalized spacial score (nSPS) is 28.0. The van der Waals surface area contributed by atoms with Crippen molar-refractivity contribution < 1.29 is 0 Å². The molecule has 3 atom stereocenters. The van der Waals surface area contributed by atoms with E-state index in [-0.39, 0.29) is 6.04 Å². The van der Waals surface area contributed by atoms with E-state index in [4.69, 9.17) is 5.73 Å². The van der Waals surface area contributed by atoms with E-state index in [2.05, 4.69) is 28.7 Å². The predicted molar refractivity (Wildman–Crippen MR) is 68.5 cm³/mol. The molecule has 1 aromatic heterocycles. The molecule has 0 bridgehead atoms. The number of hydrogen-bond acceptors (Lipinski definition) is 4. The number of piperidine rings is 1. The molecular weight excluding hydrogens is 212 g/mol. The van der Waals surface area contributed by atoms with E-state index in [1.54, 1.807) is 12.4 Å². The van der Waals surface area contributed by atoms with Crippen LogP contribution in [-0.4, -0.2) is 34.0 Å². The third-order valence-electron chi connectivity index (χ3n) is 3.58. The quantitative estimate of drug-likeness (QED) is 0.843. The molecule has 1 saturated heterocycles. The lowest BCUT2D eigenvalue weighted by molar-refractivity contribution is 0.121. The van der Waals surface area contributed by atoms with Gasteiger partial charge in [0.05, 0.1) is 17.4 Å². The van der Waals surface area contributed by atoms with E-state index in [0.717, 1.165) is 30.9 Å². The number of aryl methyl sites for hydroxylation is 1. The van der Waals surface area contributed by atoms with Crippen molar-refractivity contribution in [1.29, 1.82) is 0 Å². The number of nitrogens with two attached hydrogens (primary N) is 1. The van der Waals surface area contributed by atoms with Gasteiger partial charge in [0.15, 0.2) is 0 Å². The van der Waals surface area contributed by atoms with Crippen LogP contribution in [0.15, 0.2) is 12.4 Å². The first-order valence-electron chi connectivity index (χ1n) is 6.35. The van der Waals surface area contributed by atoms with Gasteiger partial charge in [-0.2, -0.15) is 0 Å². The van der Waals surface area contributed by atoms with Crippen molar-refractivity contribution in [2.45, 2.75) is 39.3 Å². The summed E-state index contributed by atoms with van der Waals surface area (Å²) >= 11 is 0. The molecular formula is C13H22N4. The number of hydrogen-bond donors (Lipinski definition) is 1. The smallest absolute Gasteiger partial charge is 0.0784 e. The minimum atomic E-state index is 0.290. The number of likely N-dealkylation sites (tertiary alicyclic amines) is 1. The monoisotopic (exact) mass is 234 g/mol. The summed E-state index contributed by atoms with van der Waals surface area (Å²) in [4.78, 5) is 11.2. The molecule has 1 aliphatic rings. The Morgan fingerprint density at radius 2 is 2.06 bits per heavy atom. The summed E-state index contributed by atoms with van der Waals surface area (Å²) in [7, 11) is 0. The molecule has 0 aliphatic carbocycles. The second-order valence-corrected chi connectivity index (χ2v) is 5.26. The van der Waals surface area contributed by atoms with Crippen LogP contribution in [0.1, 0.15) is 37.7 Å². The van der Waals surface area contributed by atoms with E-state index in [9.17, 15) is 0 Å². The first kappa shape index (κ1) is 12.5. The topological polar surface area (TPSA) is 55.0 Å². The molecule has 3 unspecified atom stereocenters. The van der Waals surface area contributed by atoms with Crippen molar-refractivity contribution in [3.63, 3.8) is 0 Å². The van der Waals surface area contributed by atoms with E-state index in [1.165, 1.54) is 0 Å². The van der Waals surface area contributed by atoms with Crippen molar-refractivity contribution >= 4 is 0 Å². The fourth-order valence-electron chi connectivity index (χ4n) is 2.76. The lowest BCUT2D eigenvalue weighted by atomic mass is 9.94. The summed E-state index contributed by atoms with van der Waals surface area (Å²) in [6.45, 7) is 8.54. The number of rotatable bonds is 2. The minimum Gasteiger partial charge on any atom is -0.327 e. The Balaban J connectivity index is 2.14. The third kappa shape index (κ3) is 2.82. The zero-order valence-corrected chi connectivity index (χ0v) is 10.9. The molecule has 0 spiro atoms. The molecule has 2 rings (SSSR count). The molecule has 2 N–H and O–H groups in total. The van der Waals surface area contributed by atoms with Crippen LogP contribution in [0.25, 0.3) is 0 Å². The third-order valence-corrected chi connectivity index (χ3v) is 3.58. The highest BCUT2D eigenvalue weighted by Gasteiger charge is 2.27. The molecule has 4 heteroatoms. The lowest BCUT2D eigenvalue weighted by Gasteiger charge is -2.38. The molecule has 0 radical (unpaired) electrons. The van der Waals surface area contributed by atoms with Crippen LogP contribution in [0.3, 0.4) is 0 Å². The van der Waals surface area contributed by atoms with Gasteiger partial charge in [-0.25, -0.2) is 0 Å². The van der Waals surface area contributed by atoms with Gasteiger partial charge in [-0.3, -0.25) is 14.9 Å². The SMILES string of the molecule is Cc1nccnc1C(C)N1CC(C)CC(N)C1. The Bertz CT molecular complexity index is 369. The molecule has 4 nitrogen and oxygen atoms in total. The molecule has 1 aromatic rings. The predicted octanol–water partition coefficient (Wildman–Crippen LogP) is 1.52. The first-order chi connectivity index (χ1) is 8.08. The van der Waals surface area contributed by atoms with Gasteiger partial charge < -0.3 is 5.73 Å². The Hall–Kier alpha value is -1.00. The van der Waals surface area contributed by atoms with Gasteiger partial charge in [-0.05, 0) is 26.2 Å².